The van der Waals surface area contributed by atoms with Crippen LogP contribution in [0.25, 0.3) is 0 Å². The normalized spacial score (nSPS) is 14.6. The summed E-state index contributed by atoms with van der Waals surface area (Å²) in [6, 6.07) is -1.53. The van der Waals surface area contributed by atoms with Crippen LogP contribution >= 0.6 is 7.82 Å². The monoisotopic (exact) mass is 804 g/mol. The minimum atomic E-state index is -4.73. The Morgan fingerprint density at radius 1 is 0.618 bits per heavy atom. The molecule has 0 fully saturated rings. The Morgan fingerprint density at radius 3 is 1.65 bits per heavy atom. The van der Waals surface area contributed by atoms with Crippen molar-refractivity contribution in [3.05, 3.63) is 24.3 Å². The molecule has 55 heavy (non-hydrogen) atoms. The first-order valence-electron chi connectivity index (χ1n) is 21.4. The van der Waals surface area contributed by atoms with Crippen molar-refractivity contribution in [1.82, 2.24) is 0 Å². The molecular weight excluding hydrogens is 725 g/mol. The number of rotatable bonds is 40. The topological polar surface area (TPSA) is 192 Å². The van der Waals surface area contributed by atoms with Crippen molar-refractivity contribution in [1.29, 1.82) is 0 Å². The maximum Gasteiger partial charge on any atom is 0.472 e. The van der Waals surface area contributed by atoms with Gasteiger partial charge in [0, 0.05) is 12.8 Å². The van der Waals surface area contributed by atoms with Crippen LogP contribution < -0.4 is 5.73 Å². The fourth-order valence-electron chi connectivity index (χ4n) is 5.78. The lowest BCUT2D eigenvalue weighted by atomic mass is 10.0. The Morgan fingerprint density at radius 2 is 1.07 bits per heavy atom. The number of carbonyl (C=O) groups is 3. The molecule has 4 atom stereocenters. The van der Waals surface area contributed by atoms with Gasteiger partial charge in [-0.3, -0.25) is 23.4 Å². The smallest absolute Gasteiger partial charge is 0.472 e. The minimum absolute atomic E-state index is 0.115. The number of nitrogens with two attached hydrogens (primary N) is 1. The summed E-state index contributed by atoms with van der Waals surface area (Å²) < 4.78 is 32.6. The number of hydrogen-bond acceptors (Lipinski definition) is 10. The fourth-order valence-corrected chi connectivity index (χ4v) is 6.56. The number of hydrogen-bond donors (Lipinski definition) is 4. The van der Waals surface area contributed by atoms with Gasteiger partial charge in [-0.1, -0.05) is 134 Å². The molecule has 0 heterocycles. The number of carboxylic acids is 1. The number of aliphatic hydroxyl groups excluding tert-OH is 1. The first-order valence-corrected chi connectivity index (χ1v) is 22.9. The van der Waals surface area contributed by atoms with Crippen LogP contribution in [0.2, 0.25) is 0 Å². The average molecular weight is 804 g/mol. The lowest BCUT2D eigenvalue weighted by Gasteiger charge is -2.20. The highest BCUT2D eigenvalue weighted by molar-refractivity contribution is 7.47. The summed E-state index contributed by atoms with van der Waals surface area (Å²) in [4.78, 5) is 45.9. The van der Waals surface area contributed by atoms with Crippen LogP contribution in [0.4, 0.5) is 0 Å². The minimum Gasteiger partial charge on any atom is -0.480 e. The molecule has 0 aromatic rings. The summed E-state index contributed by atoms with van der Waals surface area (Å²) >= 11 is 0. The van der Waals surface area contributed by atoms with Crippen LogP contribution in [0.1, 0.15) is 187 Å². The lowest BCUT2D eigenvalue weighted by molar-refractivity contribution is -0.161. The van der Waals surface area contributed by atoms with Gasteiger partial charge < -0.3 is 30.3 Å². The predicted octanol–water partition coefficient (Wildman–Crippen LogP) is 10.0. The number of aliphatic hydroxyl groups is 1. The molecule has 0 aromatic carbocycles. The largest absolute Gasteiger partial charge is 0.480 e. The molecule has 0 radical (unpaired) electrons. The van der Waals surface area contributed by atoms with E-state index in [9.17, 15) is 28.9 Å². The van der Waals surface area contributed by atoms with Gasteiger partial charge in [-0.2, -0.15) is 0 Å². The second-order valence-corrected chi connectivity index (χ2v) is 16.1. The van der Waals surface area contributed by atoms with Crippen LogP contribution in [0.3, 0.4) is 0 Å². The number of phosphoric acid groups is 1. The van der Waals surface area contributed by atoms with Crippen LogP contribution in [-0.2, 0) is 37.5 Å². The summed E-state index contributed by atoms with van der Waals surface area (Å²) in [6.07, 6.45) is 34.0. The molecule has 5 N–H and O–H groups in total. The molecule has 322 valence electrons. The third kappa shape index (κ3) is 37.3. The molecule has 0 amide bonds. The van der Waals surface area contributed by atoms with Gasteiger partial charge in [0.15, 0.2) is 6.10 Å². The van der Waals surface area contributed by atoms with E-state index in [1.54, 1.807) is 0 Å². The van der Waals surface area contributed by atoms with E-state index in [1.165, 1.54) is 57.8 Å². The molecule has 12 nitrogen and oxygen atoms in total. The van der Waals surface area contributed by atoms with E-state index in [0.717, 1.165) is 83.5 Å². The number of allylic oxidation sites excluding steroid dienone is 3. The van der Waals surface area contributed by atoms with Gasteiger partial charge in [0.2, 0.25) is 0 Å². The maximum absolute atomic E-state index is 12.6. The third-order valence-corrected chi connectivity index (χ3v) is 10.2. The SMILES string of the molecule is CCCCC/C=C/CC(O)CCCCCCCCC(=O)OC(COC(=O)CCCCCCC/C=C\CCCCCCCC)COP(=O)(O)OCC(N)C(=O)O. The van der Waals surface area contributed by atoms with E-state index in [1.807, 2.05) is 0 Å². The zero-order chi connectivity index (χ0) is 40.8. The molecule has 0 rings (SSSR count). The van der Waals surface area contributed by atoms with E-state index in [2.05, 4.69) is 42.7 Å². The Kier molecular flexibility index (Phi) is 36.1. The van der Waals surface area contributed by atoms with Crippen molar-refractivity contribution < 1.29 is 52.6 Å². The van der Waals surface area contributed by atoms with E-state index in [-0.39, 0.29) is 25.6 Å². The van der Waals surface area contributed by atoms with E-state index < -0.39 is 51.1 Å². The molecule has 0 aromatic heterocycles. The highest BCUT2D eigenvalue weighted by atomic mass is 31.2. The maximum atomic E-state index is 12.6. The Balaban J connectivity index is 4.44. The van der Waals surface area contributed by atoms with Crippen molar-refractivity contribution in [2.24, 2.45) is 5.73 Å². The van der Waals surface area contributed by atoms with Gasteiger partial charge >= 0.3 is 25.7 Å². The fraction of sp³-hybridized carbons (Fsp3) is 0.833. The molecule has 13 heteroatoms. The second kappa shape index (κ2) is 37.5. The number of carbonyl (C=O) groups excluding carboxylic acids is 2. The summed E-state index contributed by atoms with van der Waals surface area (Å²) in [6.45, 7) is 2.67. The summed E-state index contributed by atoms with van der Waals surface area (Å²) in [5, 5.41) is 19.0. The van der Waals surface area contributed by atoms with Gasteiger partial charge in [-0.25, -0.2) is 4.57 Å². The van der Waals surface area contributed by atoms with Crippen LogP contribution in [0, 0.1) is 0 Å². The number of phosphoric ester groups is 1. The van der Waals surface area contributed by atoms with Gasteiger partial charge in [-0.15, -0.1) is 0 Å². The zero-order valence-electron chi connectivity index (χ0n) is 34.4. The van der Waals surface area contributed by atoms with Crippen molar-refractivity contribution in [3.63, 3.8) is 0 Å². The molecular formula is C42H78NO11P. The molecule has 0 saturated heterocycles. The van der Waals surface area contributed by atoms with Crippen LogP contribution in [0.5, 0.6) is 0 Å². The number of ether oxygens (including phenoxy) is 2. The number of carboxylic acid groups (broad SMARTS) is 1. The second-order valence-electron chi connectivity index (χ2n) is 14.7. The number of esters is 2. The lowest BCUT2D eigenvalue weighted by Crippen LogP contribution is -2.34. The summed E-state index contributed by atoms with van der Waals surface area (Å²) in [5.74, 6) is -2.45. The zero-order valence-corrected chi connectivity index (χ0v) is 35.3. The van der Waals surface area contributed by atoms with Crippen molar-refractivity contribution in [2.75, 3.05) is 19.8 Å². The van der Waals surface area contributed by atoms with Crippen molar-refractivity contribution in [2.45, 2.75) is 205 Å². The van der Waals surface area contributed by atoms with E-state index in [0.29, 0.717) is 19.3 Å². The van der Waals surface area contributed by atoms with Crippen LogP contribution in [0.15, 0.2) is 24.3 Å². The number of aliphatic carboxylic acids is 1. The quantitative estimate of drug-likeness (QED) is 0.0199. The standard InChI is InChI=1S/C42H78NO11P/c1-3-5-7-9-11-12-13-14-15-16-17-18-19-24-28-32-40(45)51-34-38(35-52-55(49,50)53-36-39(43)42(47)48)54-41(46)33-29-25-21-20-23-27-31-37(44)30-26-22-10-8-6-4-2/h14-15,22,26,37-39,44H,3-13,16-21,23-25,27-36,43H2,1-2H3,(H,47,48)(H,49,50)/b15-14-,26-22+. The third-order valence-electron chi connectivity index (χ3n) is 9.25. The summed E-state index contributed by atoms with van der Waals surface area (Å²) in [7, 11) is -4.73. The highest BCUT2D eigenvalue weighted by Gasteiger charge is 2.28. The number of unbranched alkanes of at least 4 members (excludes halogenated alkanes) is 19. The average Bonchev–Trinajstić information content (AvgIpc) is 3.15. The predicted molar refractivity (Wildman–Crippen MR) is 218 cm³/mol. The van der Waals surface area contributed by atoms with Gasteiger partial charge in [0.05, 0.1) is 19.3 Å². The van der Waals surface area contributed by atoms with Gasteiger partial charge in [0.1, 0.15) is 12.6 Å². The first kappa shape index (κ1) is 52.9. The first-order chi connectivity index (χ1) is 26.5. The molecule has 4 unspecified atom stereocenters. The molecule has 0 aliphatic rings. The van der Waals surface area contributed by atoms with Crippen molar-refractivity contribution >= 4 is 25.7 Å². The van der Waals surface area contributed by atoms with Gasteiger partial charge in [-0.05, 0) is 64.2 Å². The highest BCUT2D eigenvalue weighted by Crippen LogP contribution is 2.43. The molecule has 0 spiro atoms. The van der Waals surface area contributed by atoms with E-state index >= 15 is 0 Å². The Labute approximate surface area is 333 Å². The molecule has 0 bridgehead atoms. The van der Waals surface area contributed by atoms with Crippen molar-refractivity contribution in [3.8, 4) is 0 Å². The molecule has 0 aliphatic carbocycles. The summed E-state index contributed by atoms with van der Waals surface area (Å²) in [5.41, 5.74) is 5.32. The van der Waals surface area contributed by atoms with Gasteiger partial charge in [0.25, 0.3) is 0 Å². The van der Waals surface area contributed by atoms with Crippen LogP contribution in [-0.4, -0.2) is 71.1 Å². The molecule has 0 aliphatic heterocycles. The Hall–Kier alpha value is -2.08. The molecule has 0 saturated carbocycles. The Bertz CT molecular complexity index is 1050. The van der Waals surface area contributed by atoms with E-state index in [4.69, 9.17) is 24.8 Å².